The van der Waals surface area contributed by atoms with Gasteiger partial charge in [-0.25, -0.2) is 4.98 Å². The number of anilines is 1. The van der Waals surface area contributed by atoms with Crippen molar-refractivity contribution in [3.05, 3.63) is 53.6 Å². The summed E-state index contributed by atoms with van der Waals surface area (Å²) in [4.78, 5) is 17.0. The molecule has 3 aromatic rings. The maximum atomic E-state index is 12.6. The number of para-hydroxylation sites is 1. The molecule has 1 aromatic heterocycles. The van der Waals surface area contributed by atoms with E-state index in [4.69, 9.17) is 13.8 Å². The molecule has 0 radical (unpaired) electrons. The predicted molar refractivity (Wildman–Crippen MR) is 115 cm³/mol. The van der Waals surface area contributed by atoms with Crippen molar-refractivity contribution in [2.24, 2.45) is 0 Å². The fourth-order valence-electron chi connectivity index (χ4n) is 2.82. The van der Waals surface area contributed by atoms with E-state index in [0.29, 0.717) is 35.2 Å². The van der Waals surface area contributed by atoms with Gasteiger partial charge in [0.2, 0.25) is 0 Å². The van der Waals surface area contributed by atoms with E-state index in [-0.39, 0.29) is 12.1 Å². The minimum atomic E-state index is -3.18. The van der Waals surface area contributed by atoms with Gasteiger partial charge in [0.05, 0.1) is 31.2 Å². The molecule has 0 saturated heterocycles. The van der Waals surface area contributed by atoms with E-state index in [2.05, 4.69) is 10.3 Å². The summed E-state index contributed by atoms with van der Waals surface area (Å²) >= 11 is 1.38. The fourth-order valence-corrected chi connectivity index (χ4v) is 5.40. The topological polar surface area (TPSA) is 86.8 Å². The summed E-state index contributed by atoms with van der Waals surface area (Å²) in [5.41, 5.74) is 1.97. The number of thiazole rings is 1. The Morgan fingerprint density at radius 2 is 1.79 bits per heavy atom. The Morgan fingerprint density at radius 3 is 2.41 bits per heavy atom. The Bertz CT molecular complexity index is 1030. The average molecular weight is 434 g/mol. The lowest BCUT2D eigenvalue weighted by Gasteiger charge is -2.17. The van der Waals surface area contributed by atoms with Gasteiger partial charge >= 0.3 is 7.60 Å². The number of rotatable bonds is 9. The number of nitrogens with zero attached hydrogens (tertiary/aromatic N) is 1. The molecule has 1 amide bonds. The Hall–Kier alpha value is -2.25. The molecular formula is C20H23N2O5PS. The third-order valence-electron chi connectivity index (χ3n) is 4.07. The van der Waals surface area contributed by atoms with Crippen molar-refractivity contribution in [2.45, 2.75) is 20.0 Å². The van der Waals surface area contributed by atoms with Crippen LogP contribution < -0.4 is 10.1 Å². The summed E-state index contributed by atoms with van der Waals surface area (Å²) in [5, 5.41) is 3.31. The van der Waals surface area contributed by atoms with E-state index < -0.39 is 7.60 Å². The zero-order valence-corrected chi connectivity index (χ0v) is 18.2. The number of carbonyl (C=O) groups is 1. The lowest BCUT2D eigenvalue weighted by atomic mass is 10.1. The zero-order valence-electron chi connectivity index (χ0n) is 16.5. The first kappa shape index (κ1) is 21.5. The lowest BCUT2D eigenvalue weighted by Crippen LogP contribution is -2.11. The smallest absolute Gasteiger partial charge is 0.335 e. The second kappa shape index (κ2) is 9.50. The summed E-state index contributed by atoms with van der Waals surface area (Å²) in [7, 11) is -1.59. The molecule has 0 bridgehead atoms. The minimum absolute atomic E-state index is 0.161. The molecule has 0 unspecified atom stereocenters. The van der Waals surface area contributed by atoms with Crippen LogP contribution in [-0.4, -0.2) is 31.2 Å². The van der Waals surface area contributed by atoms with Gasteiger partial charge in [0, 0.05) is 5.56 Å². The number of methoxy groups -OCH3 is 1. The molecule has 0 saturated carbocycles. The Balaban J connectivity index is 1.71. The largest absolute Gasteiger partial charge is 0.494 e. The van der Waals surface area contributed by atoms with E-state index in [1.54, 1.807) is 45.2 Å². The van der Waals surface area contributed by atoms with Crippen molar-refractivity contribution >= 4 is 40.2 Å². The summed E-state index contributed by atoms with van der Waals surface area (Å²) in [5.74, 6) is 0.393. The van der Waals surface area contributed by atoms with Crippen LogP contribution in [0.25, 0.3) is 10.2 Å². The van der Waals surface area contributed by atoms with Crippen molar-refractivity contribution < 1.29 is 23.1 Å². The molecule has 3 rings (SSSR count). The van der Waals surface area contributed by atoms with Crippen molar-refractivity contribution in [3.63, 3.8) is 0 Å². The molecule has 1 N–H and O–H groups in total. The second-order valence-corrected chi connectivity index (χ2v) is 9.17. The molecule has 0 atom stereocenters. The molecule has 1 heterocycles. The summed E-state index contributed by atoms with van der Waals surface area (Å²) < 4.78 is 29.5. The number of carbonyl (C=O) groups excluding carboxylic acids is 1. The lowest BCUT2D eigenvalue weighted by molar-refractivity contribution is 0.102. The van der Waals surface area contributed by atoms with E-state index >= 15 is 0 Å². The van der Waals surface area contributed by atoms with Gasteiger partial charge in [0.25, 0.3) is 5.91 Å². The number of amides is 1. The van der Waals surface area contributed by atoms with Crippen LogP contribution in [0, 0.1) is 0 Å². The Morgan fingerprint density at radius 1 is 1.10 bits per heavy atom. The molecule has 9 heteroatoms. The quantitative estimate of drug-likeness (QED) is 0.459. The van der Waals surface area contributed by atoms with Crippen LogP contribution in [0.1, 0.15) is 29.8 Å². The molecule has 29 heavy (non-hydrogen) atoms. The molecule has 0 spiro atoms. The normalized spacial score (nSPS) is 11.6. The predicted octanol–water partition coefficient (Wildman–Crippen LogP) is 5.32. The van der Waals surface area contributed by atoms with E-state index in [9.17, 15) is 9.36 Å². The standard InChI is InChI=1S/C20H23N2O5PS/c1-4-26-28(24,27-5-2)13-14-9-11-15(12-10-14)19(23)22-20-21-18-16(25-3)7-6-8-17(18)29-20/h6-12H,4-5,13H2,1-3H3,(H,21,22,23). The molecule has 0 fully saturated rings. The van der Waals surface area contributed by atoms with Gasteiger partial charge in [0.15, 0.2) is 5.13 Å². The molecule has 0 aliphatic heterocycles. The van der Waals surface area contributed by atoms with Crippen molar-refractivity contribution in [1.29, 1.82) is 0 Å². The number of fused-ring (bicyclic) bond motifs is 1. The van der Waals surface area contributed by atoms with Gasteiger partial charge < -0.3 is 13.8 Å². The van der Waals surface area contributed by atoms with Crippen LogP contribution in [0.3, 0.4) is 0 Å². The Kier molecular flexibility index (Phi) is 7.03. The van der Waals surface area contributed by atoms with Crippen molar-refractivity contribution in [3.8, 4) is 5.75 Å². The number of ether oxygens (including phenoxy) is 1. The van der Waals surface area contributed by atoms with E-state index in [1.165, 1.54) is 11.3 Å². The van der Waals surface area contributed by atoms with Crippen LogP contribution in [0.4, 0.5) is 5.13 Å². The summed E-state index contributed by atoms with van der Waals surface area (Å²) in [6, 6.07) is 12.5. The highest BCUT2D eigenvalue weighted by Crippen LogP contribution is 2.51. The average Bonchev–Trinajstić information content (AvgIpc) is 3.11. The molecule has 154 valence electrons. The minimum Gasteiger partial charge on any atom is -0.494 e. The van der Waals surface area contributed by atoms with Gasteiger partial charge in [-0.1, -0.05) is 29.5 Å². The van der Waals surface area contributed by atoms with Crippen molar-refractivity contribution in [2.75, 3.05) is 25.6 Å². The monoisotopic (exact) mass is 434 g/mol. The van der Waals surface area contributed by atoms with E-state index in [1.807, 2.05) is 18.2 Å². The van der Waals surface area contributed by atoms with Crippen LogP contribution in [0.2, 0.25) is 0 Å². The van der Waals surface area contributed by atoms with Gasteiger partial charge in [-0.2, -0.15) is 0 Å². The molecule has 2 aromatic carbocycles. The van der Waals surface area contributed by atoms with Crippen LogP contribution >= 0.6 is 18.9 Å². The highest BCUT2D eigenvalue weighted by molar-refractivity contribution is 7.53. The molecule has 7 nitrogen and oxygen atoms in total. The molecular weight excluding hydrogens is 411 g/mol. The number of nitrogens with one attached hydrogen (secondary N) is 1. The number of hydrogen-bond donors (Lipinski definition) is 1. The third-order valence-corrected chi connectivity index (χ3v) is 7.06. The number of aromatic nitrogens is 1. The maximum absolute atomic E-state index is 12.6. The van der Waals surface area contributed by atoms with Gasteiger partial charge in [-0.15, -0.1) is 0 Å². The van der Waals surface area contributed by atoms with Crippen molar-refractivity contribution in [1.82, 2.24) is 4.98 Å². The highest BCUT2D eigenvalue weighted by Gasteiger charge is 2.24. The van der Waals surface area contributed by atoms with Crippen LogP contribution in [0.15, 0.2) is 42.5 Å². The zero-order chi connectivity index (χ0) is 20.9. The van der Waals surface area contributed by atoms with Crippen LogP contribution in [0.5, 0.6) is 5.75 Å². The molecule has 0 aliphatic rings. The SMILES string of the molecule is CCOP(=O)(Cc1ccc(C(=O)Nc2nc3c(OC)cccc3s2)cc1)OCC. The van der Waals surface area contributed by atoms with Gasteiger partial charge in [0.1, 0.15) is 11.3 Å². The second-order valence-electron chi connectivity index (χ2n) is 6.08. The summed E-state index contributed by atoms with van der Waals surface area (Å²) in [6.07, 6.45) is 0.161. The Labute approximate surface area is 173 Å². The first-order chi connectivity index (χ1) is 14.0. The number of hydrogen-bond acceptors (Lipinski definition) is 7. The third kappa shape index (κ3) is 5.22. The first-order valence-electron chi connectivity index (χ1n) is 9.20. The maximum Gasteiger partial charge on any atom is 0.335 e. The van der Waals surface area contributed by atoms with Crippen LogP contribution in [-0.2, 0) is 19.8 Å². The first-order valence-corrected chi connectivity index (χ1v) is 11.7. The molecule has 0 aliphatic carbocycles. The van der Waals surface area contributed by atoms with Gasteiger partial charge in [-0.05, 0) is 43.7 Å². The number of benzene rings is 2. The highest BCUT2D eigenvalue weighted by atomic mass is 32.1. The van der Waals surface area contributed by atoms with Gasteiger partial charge in [-0.3, -0.25) is 14.7 Å². The summed E-state index contributed by atoms with van der Waals surface area (Å²) in [6.45, 7) is 4.17. The fraction of sp³-hybridized carbons (Fsp3) is 0.300. The van der Waals surface area contributed by atoms with E-state index in [0.717, 1.165) is 10.3 Å².